The van der Waals surface area contributed by atoms with Gasteiger partial charge >= 0.3 is 0 Å². The van der Waals surface area contributed by atoms with Crippen LogP contribution in [0.15, 0.2) is 48.7 Å². The highest BCUT2D eigenvalue weighted by Gasteiger charge is 2.19. The smallest absolute Gasteiger partial charge is 0.162 e. The van der Waals surface area contributed by atoms with E-state index in [1.807, 2.05) is 54.7 Å². The Bertz CT molecular complexity index is 976. The molecular formula is C20H20N6O2. The SMILES string of the molecule is N#CCC(O)c1nc(N2CCOCC2)cc(-n2ccc(-c3ccccc3)n2)n1. The first-order valence-electron chi connectivity index (χ1n) is 9.13. The first-order valence-corrected chi connectivity index (χ1v) is 9.13. The van der Waals surface area contributed by atoms with Gasteiger partial charge in [-0.2, -0.15) is 10.4 Å². The van der Waals surface area contributed by atoms with Gasteiger partial charge in [0, 0.05) is 30.9 Å². The predicted molar refractivity (Wildman–Crippen MR) is 103 cm³/mol. The average molecular weight is 376 g/mol. The summed E-state index contributed by atoms with van der Waals surface area (Å²) in [5, 5.41) is 23.8. The van der Waals surface area contributed by atoms with Crippen LogP contribution in [0.1, 0.15) is 18.3 Å². The van der Waals surface area contributed by atoms with Crippen molar-refractivity contribution in [2.45, 2.75) is 12.5 Å². The van der Waals surface area contributed by atoms with Crippen molar-refractivity contribution in [3.63, 3.8) is 0 Å². The molecule has 1 saturated heterocycles. The lowest BCUT2D eigenvalue weighted by Crippen LogP contribution is -2.37. The average Bonchev–Trinajstić information content (AvgIpc) is 3.25. The van der Waals surface area contributed by atoms with E-state index in [9.17, 15) is 5.11 Å². The van der Waals surface area contributed by atoms with Crippen LogP contribution < -0.4 is 4.90 Å². The molecule has 142 valence electrons. The zero-order chi connectivity index (χ0) is 19.3. The minimum absolute atomic E-state index is 0.0691. The highest BCUT2D eigenvalue weighted by molar-refractivity contribution is 5.58. The van der Waals surface area contributed by atoms with Gasteiger partial charge in [-0.15, -0.1) is 0 Å². The summed E-state index contributed by atoms with van der Waals surface area (Å²) in [4.78, 5) is 11.0. The van der Waals surface area contributed by atoms with Crippen LogP contribution in [0.25, 0.3) is 17.1 Å². The Morgan fingerprint density at radius 2 is 1.86 bits per heavy atom. The fourth-order valence-corrected chi connectivity index (χ4v) is 3.05. The number of morpholine rings is 1. The van der Waals surface area contributed by atoms with Crippen LogP contribution in [0.5, 0.6) is 0 Å². The van der Waals surface area contributed by atoms with Gasteiger partial charge in [0.05, 0.1) is 31.4 Å². The maximum absolute atomic E-state index is 10.3. The summed E-state index contributed by atoms with van der Waals surface area (Å²) >= 11 is 0. The normalized spacial score (nSPS) is 15.2. The Morgan fingerprint density at radius 3 is 2.61 bits per heavy atom. The molecule has 1 N–H and O–H groups in total. The second-order valence-corrected chi connectivity index (χ2v) is 6.43. The number of ether oxygens (including phenoxy) is 1. The topological polar surface area (TPSA) is 100 Å². The molecule has 4 rings (SSSR count). The maximum atomic E-state index is 10.3. The number of nitriles is 1. The van der Waals surface area contributed by atoms with Crippen LogP contribution in [0.3, 0.4) is 0 Å². The molecule has 0 radical (unpaired) electrons. The molecule has 8 heteroatoms. The Hall–Kier alpha value is -3.28. The number of nitrogens with zero attached hydrogens (tertiary/aromatic N) is 6. The van der Waals surface area contributed by atoms with Crippen molar-refractivity contribution in [1.29, 1.82) is 5.26 Å². The van der Waals surface area contributed by atoms with Crippen LogP contribution in [0.4, 0.5) is 5.82 Å². The zero-order valence-corrected chi connectivity index (χ0v) is 15.3. The fourth-order valence-electron chi connectivity index (χ4n) is 3.05. The highest BCUT2D eigenvalue weighted by Crippen LogP contribution is 2.23. The zero-order valence-electron chi connectivity index (χ0n) is 15.3. The molecule has 3 aromatic rings. The van der Waals surface area contributed by atoms with Crippen LogP contribution in [-0.2, 0) is 4.74 Å². The largest absolute Gasteiger partial charge is 0.384 e. The quantitative estimate of drug-likeness (QED) is 0.728. The molecule has 1 atom stereocenters. The second-order valence-electron chi connectivity index (χ2n) is 6.43. The van der Waals surface area contributed by atoms with Gasteiger partial charge in [0.1, 0.15) is 11.9 Å². The van der Waals surface area contributed by atoms with E-state index in [-0.39, 0.29) is 12.2 Å². The Balaban J connectivity index is 1.72. The third kappa shape index (κ3) is 3.86. The number of benzene rings is 1. The number of aromatic nitrogens is 4. The summed E-state index contributed by atoms with van der Waals surface area (Å²) in [6, 6.07) is 15.6. The van der Waals surface area contributed by atoms with E-state index in [2.05, 4.69) is 20.0 Å². The molecule has 8 nitrogen and oxygen atoms in total. The number of hydrogen-bond donors (Lipinski definition) is 1. The van der Waals surface area contributed by atoms with E-state index in [0.717, 1.165) is 11.3 Å². The summed E-state index contributed by atoms with van der Waals surface area (Å²) in [7, 11) is 0. The van der Waals surface area contributed by atoms with Crippen molar-refractivity contribution >= 4 is 5.82 Å². The lowest BCUT2D eigenvalue weighted by molar-refractivity contribution is 0.122. The third-order valence-electron chi connectivity index (χ3n) is 4.53. The molecule has 2 aromatic heterocycles. The highest BCUT2D eigenvalue weighted by atomic mass is 16.5. The molecule has 0 bridgehead atoms. The van der Waals surface area contributed by atoms with E-state index in [0.29, 0.717) is 37.9 Å². The van der Waals surface area contributed by atoms with Crippen molar-refractivity contribution < 1.29 is 9.84 Å². The number of hydrogen-bond acceptors (Lipinski definition) is 7. The van der Waals surface area contributed by atoms with Gasteiger partial charge in [-0.05, 0) is 6.07 Å². The molecule has 0 aliphatic carbocycles. The van der Waals surface area contributed by atoms with Crippen LogP contribution in [0, 0.1) is 11.3 Å². The molecule has 1 aliphatic rings. The number of aliphatic hydroxyl groups excluding tert-OH is 1. The van der Waals surface area contributed by atoms with Crippen molar-refractivity contribution in [2.24, 2.45) is 0 Å². The summed E-state index contributed by atoms with van der Waals surface area (Å²) in [6.45, 7) is 2.65. The van der Waals surface area contributed by atoms with E-state index < -0.39 is 6.10 Å². The van der Waals surface area contributed by atoms with Gasteiger partial charge in [-0.3, -0.25) is 0 Å². The predicted octanol–water partition coefficient (Wildman–Crippen LogP) is 2.11. The van der Waals surface area contributed by atoms with Crippen LogP contribution >= 0.6 is 0 Å². The van der Waals surface area contributed by atoms with Crippen LogP contribution in [0.2, 0.25) is 0 Å². The lowest BCUT2D eigenvalue weighted by atomic mass is 10.2. The lowest BCUT2D eigenvalue weighted by Gasteiger charge is -2.28. The Kier molecular flexibility index (Phi) is 5.28. The van der Waals surface area contributed by atoms with Crippen molar-refractivity contribution in [2.75, 3.05) is 31.2 Å². The molecular weight excluding hydrogens is 356 g/mol. The molecule has 3 heterocycles. The summed E-state index contributed by atoms with van der Waals surface area (Å²) in [5.74, 6) is 1.46. The molecule has 0 saturated carbocycles. The van der Waals surface area contributed by atoms with E-state index in [4.69, 9.17) is 10.00 Å². The number of anilines is 1. The maximum Gasteiger partial charge on any atom is 0.162 e. The monoisotopic (exact) mass is 376 g/mol. The Labute approximate surface area is 162 Å². The molecule has 1 aliphatic heterocycles. The van der Waals surface area contributed by atoms with E-state index >= 15 is 0 Å². The first kappa shape index (κ1) is 18.1. The number of rotatable bonds is 5. The molecule has 28 heavy (non-hydrogen) atoms. The molecule has 1 fully saturated rings. The van der Waals surface area contributed by atoms with Gasteiger partial charge in [-0.1, -0.05) is 30.3 Å². The first-order chi connectivity index (χ1) is 13.7. The third-order valence-corrected chi connectivity index (χ3v) is 4.53. The van der Waals surface area contributed by atoms with Crippen molar-refractivity contribution in [3.05, 3.63) is 54.5 Å². The second kappa shape index (κ2) is 8.17. The van der Waals surface area contributed by atoms with Crippen molar-refractivity contribution in [3.8, 4) is 23.1 Å². The molecule has 1 unspecified atom stereocenters. The van der Waals surface area contributed by atoms with Gasteiger partial charge in [0.25, 0.3) is 0 Å². The minimum atomic E-state index is -1.05. The van der Waals surface area contributed by atoms with Crippen molar-refractivity contribution in [1.82, 2.24) is 19.7 Å². The van der Waals surface area contributed by atoms with Crippen LogP contribution in [-0.4, -0.2) is 51.2 Å². The molecule has 1 aromatic carbocycles. The standard InChI is InChI=1S/C20H20N6O2/c21-8-6-17(27)20-22-18(25-10-12-28-13-11-25)14-19(23-20)26-9-7-16(24-26)15-4-2-1-3-5-15/h1-5,7,9,14,17,27H,6,10-13H2. The fraction of sp³-hybridized carbons (Fsp3) is 0.300. The summed E-state index contributed by atoms with van der Waals surface area (Å²) in [6.07, 6.45) is 0.711. The van der Waals surface area contributed by atoms with Gasteiger partial charge < -0.3 is 14.7 Å². The molecule has 0 spiro atoms. The van der Waals surface area contributed by atoms with Gasteiger partial charge in [0.15, 0.2) is 11.6 Å². The minimum Gasteiger partial charge on any atom is -0.384 e. The van der Waals surface area contributed by atoms with Gasteiger partial charge in [0.2, 0.25) is 0 Å². The summed E-state index contributed by atoms with van der Waals surface area (Å²) < 4.78 is 7.07. The number of aliphatic hydroxyl groups is 1. The van der Waals surface area contributed by atoms with Gasteiger partial charge in [-0.25, -0.2) is 14.6 Å². The Morgan fingerprint density at radius 1 is 1.11 bits per heavy atom. The van der Waals surface area contributed by atoms with E-state index in [1.165, 1.54) is 0 Å². The molecule has 0 amide bonds. The van der Waals surface area contributed by atoms with E-state index in [1.54, 1.807) is 4.68 Å². The summed E-state index contributed by atoms with van der Waals surface area (Å²) in [5.41, 5.74) is 1.83.